The molecule has 1 saturated heterocycles. The van der Waals surface area contributed by atoms with Crippen molar-refractivity contribution in [1.29, 1.82) is 0 Å². The SMILES string of the molecule is C[C@@H]1C(=NO)[C@@H](C)[C@@H](c2ccccc2)N[C@@H]1c1ccccc1. The molecule has 0 aromatic heterocycles. The van der Waals surface area contributed by atoms with Crippen LogP contribution in [0.3, 0.4) is 0 Å². The molecule has 2 aromatic carbocycles. The van der Waals surface area contributed by atoms with Crippen LogP contribution in [0.5, 0.6) is 0 Å². The molecule has 2 aromatic rings. The minimum absolute atomic E-state index is 0.147. The summed E-state index contributed by atoms with van der Waals surface area (Å²) in [6.45, 7) is 4.24. The average molecular weight is 294 g/mol. The lowest BCUT2D eigenvalue weighted by molar-refractivity contribution is 0.271. The van der Waals surface area contributed by atoms with Crippen molar-refractivity contribution in [3.8, 4) is 0 Å². The summed E-state index contributed by atoms with van der Waals surface area (Å²) in [4.78, 5) is 0. The van der Waals surface area contributed by atoms with Gasteiger partial charge in [0.05, 0.1) is 5.71 Å². The van der Waals surface area contributed by atoms with Gasteiger partial charge in [0.2, 0.25) is 0 Å². The molecule has 3 nitrogen and oxygen atoms in total. The maximum absolute atomic E-state index is 9.52. The van der Waals surface area contributed by atoms with Crippen molar-refractivity contribution in [2.24, 2.45) is 17.0 Å². The first-order valence-corrected chi connectivity index (χ1v) is 7.80. The first-order chi connectivity index (χ1) is 10.7. The van der Waals surface area contributed by atoms with Crippen molar-refractivity contribution < 1.29 is 5.21 Å². The second-order valence-electron chi connectivity index (χ2n) is 6.05. The highest BCUT2D eigenvalue weighted by molar-refractivity contribution is 5.90. The van der Waals surface area contributed by atoms with Gasteiger partial charge in [0.1, 0.15) is 0 Å². The van der Waals surface area contributed by atoms with Gasteiger partial charge in [-0.15, -0.1) is 0 Å². The maximum atomic E-state index is 9.52. The highest BCUT2D eigenvalue weighted by Crippen LogP contribution is 2.38. The number of hydrogen-bond donors (Lipinski definition) is 2. The fraction of sp³-hybridized carbons (Fsp3) is 0.316. The molecule has 1 aliphatic rings. The van der Waals surface area contributed by atoms with Gasteiger partial charge in [-0.1, -0.05) is 79.7 Å². The molecule has 2 N–H and O–H groups in total. The van der Waals surface area contributed by atoms with Crippen molar-refractivity contribution in [2.45, 2.75) is 25.9 Å². The average Bonchev–Trinajstić information content (AvgIpc) is 2.57. The van der Waals surface area contributed by atoms with Crippen LogP contribution in [0.2, 0.25) is 0 Å². The van der Waals surface area contributed by atoms with Crippen LogP contribution in [0.25, 0.3) is 0 Å². The summed E-state index contributed by atoms with van der Waals surface area (Å²) < 4.78 is 0. The van der Waals surface area contributed by atoms with Crippen LogP contribution in [0.15, 0.2) is 65.8 Å². The van der Waals surface area contributed by atoms with Gasteiger partial charge < -0.3 is 10.5 Å². The summed E-state index contributed by atoms with van der Waals surface area (Å²) in [5, 5.41) is 16.9. The van der Waals surface area contributed by atoms with E-state index in [4.69, 9.17) is 0 Å². The molecular formula is C19H22N2O. The highest BCUT2D eigenvalue weighted by atomic mass is 16.4. The fourth-order valence-corrected chi connectivity index (χ4v) is 3.51. The number of benzene rings is 2. The van der Waals surface area contributed by atoms with Gasteiger partial charge in [-0.25, -0.2) is 0 Å². The summed E-state index contributed by atoms with van der Waals surface area (Å²) >= 11 is 0. The third-order valence-corrected chi connectivity index (χ3v) is 4.73. The third kappa shape index (κ3) is 2.64. The van der Waals surface area contributed by atoms with Crippen LogP contribution in [-0.4, -0.2) is 10.9 Å². The zero-order chi connectivity index (χ0) is 15.5. The molecule has 0 radical (unpaired) electrons. The molecule has 0 spiro atoms. The predicted octanol–water partition coefficient (Wildman–Crippen LogP) is 4.17. The van der Waals surface area contributed by atoms with Crippen LogP contribution in [0.1, 0.15) is 37.1 Å². The zero-order valence-corrected chi connectivity index (χ0v) is 13.0. The molecule has 3 rings (SSSR count). The number of nitrogens with one attached hydrogen (secondary N) is 1. The Balaban J connectivity index is 1.99. The molecule has 3 heteroatoms. The Labute approximate surface area is 131 Å². The van der Waals surface area contributed by atoms with Crippen LogP contribution >= 0.6 is 0 Å². The van der Waals surface area contributed by atoms with E-state index in [1.807, 2.05) is 12.1 Å². The van der Waals surface area contributed by atoms with Gasteiger partial charge in [-0.2, -0.15) is 0 Å². The first-order valence-electron chi connectivity index (χ1n) is 7.80. The lowest BCUT2D eigenvalue weighted by Crippen LogP contribution is -2.46. The first kappa shape index (κ1) is 14.8. The topological polar surface area (TPSA) is 44.6 Å². The molecule has 114 valence electrons. The zero-order valence-electron chi connectivity index (χ0n) is 13.0. The normalized spacial score (nSPS) is 28.4. The summed E-state index contributed by atoms with van der Waals surface area (Å²) in [7, 11) is 0. The lowest BCUT2D eigenvalue weighted by atomic mass is 9.75. The van der Waals surface area contributed by atoms with E-state index in [0.717, 1.165) is 5.71 Å². The number of rotatable bonds is 2. The Morgan fingerprint density at radius 3 is 1.55 bits per heavy atom. The van der Waals surface area contributed by atoms with E-state index in [1.54, 1.807) is 0 Å². The van der Waals surface area contributed by atoms with Crippen LogP contribution in [-0.2, 0) is 0 Å². The Hall–Kier alpha value is -2.13. The van der Waals surface area contributed by atoms with E-state index in [1.165, 1.54) is 11.1 Å². The van der Waals surface area contributed by atoms with Crippen molar-refractivity contribution in [3.05, 3.63) is 71.8 Å². The van der Waals surface area contributed by atoms with E-state index < -0.39 is 0 Å². The van der Waals surface area contributed by atoms with Crippen LogP contribution in [0.4, 0.5) is 0 Å². The van der Waals surface area contributed by atoms with Crippen molar-refractivity contribution in [2.75, 3.05) is 0 Å². The molecule has 0 saturated carbocycles. The van der Waals surface area contributed by atoms with E-state index >= 15 is 0 Å². The Kier molecular flexibility index (Phi) is 4.25. The molecule has 0 amide bonds. The second kappa shape index (κ2) is 6.32. The van der Waals surface area contributed by atoms with Crippen molar-refractivity contribution in [3.63, 3.8) is 0 Å². The quantitative estimate of drug-likeness (QED) is 0.645. The van der Waals surface area contributed by atoms with E-state index in [0.29, 0.717) is 0 Å². The summed E-state index contributed by atoms with van der Waals surface area (Å²) in [6.07, 6.45) is 0. The molecule has 1 aliphatic heterocycles. The Bertz CT molecular complexity index is 585. The molecule has 0 unspecified atom stereocenters. The maximum Gasteiger partial charge on any atom is 0.0664 e. The van der Waals surface area contributed by atoms with Crippen LogP contribution < -0.4 is 5.32 Å². The van der Waals surface area contributed by atoms with Gasteiger partial charge in [0.15, 0.2) is 0 Å². The van der Waals surface area contributed by atoms with Gasteiger partial charge >= 0.3 is 0 Å². The fourth-order valence-electron chi connectivity index (χ4n) is 3.51. The molecule has 4 atom stereocenters. The molecular weight excluding hydrogens is 272 g/mol. The summed E-state index contributed by atoms with van der Waals surface area (Å²) in [5.74, 6) is 0.310. The number of oxime groups is 1. The second-order valence-corrected chi connectivity index (χ2v) is 6.05. The Morgan fingerprint density at radius 2 is 1.18 bits per heavy atom. The minimum atomic E-state index is 0.147. The van der Waals surface area contributed by atoms with Crippen LogP contribution in [0, 0.1) is 11.8 Å². The smallest absolute Gasteiger partial charge is 0.0664 e. The lowest BCUT2D eigenvalue weighted by Gasteiger charge is -2.41. The van der Waals surface area contributed by atoms with E-state index in [2.05, 4.69) is 72.9 Å². The van der Waals surface area contributed by atoms with Gasteiger partial charge in [0.25, 0.3) is 0 Å². The number of hydrogen-bond acceptors (Lipinski definition) is 3. The van der Waals surface area contributed by atoms with E-state index in [9.17, 15) is 5.21 Å². The standard InChI is InChI=1S/C19H22N2O/c1-13-17(21-22)14(2)19(16-11-7-4-8-12-16)20-18(13)15-9-5-3-6-10-15/h3-14,18-20,22H,1-2H3/t13-,14-,18+,19+/m1/s1. The van der Waals surface area contributed by atoms with E-state index in [-0.39, 0.29) is 23.9 Å². The van der Waals surface area contributed by atoms with Gasteiger partial charge in [-0.3, -0.25) is 0 Å². The minimum Gasteiger partial charge on any atom is -0.411 e. The largest absolute Gasteiger partial charge is 0.411 e. The predicted molar refractivity (Wildman–Crippen MR) is 89.1 cm³/mol. The Morgan fingerprint density at radius 1 is 0.773 bits per heavy atom. The molecule has 0 aliphatic carbocycles. The monoisotopic (exact) mass is 294 g/mol. The van der Waals surface area contributed by atoms with Gasteiger partial charge in [-0.05, 0) is 11.1 Å². The third-order valence-electron chi connectivity index (χ3n) is 4.73. The number of nitrogens with zero attached hydrogens (tertiary/aromatic N) is 1. The number of piperidine rings is 1. The molecule has 22 heavy (non-hydrogen) atoms. The molecule has 1 fully saturated rings. The molecule has 0 bridgehead atoms. The summed E-state index contributed by atoms with van der Waals surface area (Å²) in [5.41, 5.74) is 3.31. The van der Waals surface area contributed by atoms with Crippen molar-refractivity contribution in [1.82, 2.24) is 5.32 Å². The van der Waals surface area contributed by atoms with Crippen molar-refractivity contribution >= 4 is 5.71 Å². The van der Waals surface area contributed by atoms with Gasteiger partial charge in [0, 0.05) is 23.9 Å². The highest BCUT2D eigenvalue weighted by Gasteiger charge is 2.38. The summed E-state index contributed by atoms with van der Waals surface area (Å²) in [6, 6.07) is 21.0. The molecule has 1 heterocycles.